The fraction of sp³-hybridized carbons (Fsp3) is 0.737. The molecule has 114 valence electrons. The zero-order chi connectivity index (χ0) is 15.6. The second-order valence-electron chi connectivity index (χ2n) is 8.69. The van der Waals surface area contributed by atoms with E-state index in [-0.39, 0.29) is 10.8 Å². The molecule has 0 amide bonds. The minimum atomic E-state index is 0.179. The summed E-state index contributed by atoms with van der Waals surface area (Å²) < 4.78 is 0. The van der Waals surface area contributed by atoms with E-state index in [0.29, 0.717) is 5.41 Å². The van der Waals surface area contributed by atoms with Gasteiger partial charge < -0.3 is 0 Å². The molecule has 0 atom stereocenters. The van der Waals surface area contributed by atoms with Crippen LogP contribution in [0.15, 0.2) is 18.3 Å². The summed E-state index contributed by atoms with van der Waals surface area (Å²) in [5.74, 6) is 0. The molecule has 1 heteroatoms. The van der Waals surface area contributed by atoms with Crippen molar-refractivity contribution in [2.75, 3.05) is 0 Å². The van der Waals surface area contributed by atoms with Crippen molar-refractivity contribution in [2.24, 2.45) is 5.41 Å². The van der Waals surface area contributed by atoms with Crippen LogP contribution in [0, 0.1) is 5.41 Å². The molecule has 0 aliphatic carbocycles. The van der Waals surface area contributed by atoms with Crippen molar-refractivity contribution >= 4 is 0 Å². The monoisotopic (exact) mass is 275 g/mol. The molecule has 1 aromatic heterocycles. The molecule has 0 aliphatic rings. The van der Waals surface area contributed by atoms with Crippen LogP contribution in [0.25, 0.3) is 0 Å². The summed E-state index contributed by atoms with van der Waals surface area (Å²) >= 11 is 0. The van der Waals surface area contributed by atoms with Crippen LogP contribution >= 0.6 is 0 Å². The van der Waals surface area contributed by atoms with E-state index >= 15 is 0 Å². The Morgan fingerprint density at radius 1 is 0.900 bits per heavy atom. The van der Waals surface area contributed by atoms with Gasteiger partial charge in [-0.15, -0.1) is 0 Å². The molecule has 0 fully saturated rings. The number of hydrogen-bond donors (Lipinski definition) is 0. The molecule has 20 heavy (non-hydrogen) atoms. The van der Waals surface area contributed by atoms with Gasteiger partial charge in [-0.3, -0.25) is 4.98 Å². The maximum atomic E-state index is 4.77. The third kappa shape index (κ3) is 4.61. The van der Waals surface area contributed by atoms with Crippen molar-refractivity contribution in [1.82, 2.24) is 4.98 Å². The summed E-state index contributed by atoms with van der Waals surface area (Å²) in [5.41, 5.74) is 3.27. The highest BCUT2D eigenvalue weighted by atomic mass is 14.7. The molecule has 1 nitrogen and oxygen atoms in total. The highest BCUT2D eigenvalue weighted by molar-refractivity contribution is 5.25. The lowest BCUT2D eigenvalue weighted by molar-refractivity contribution is 0.283. The van der Waals surface area contributed by atoms with Gasteiger partial charge in [-0.05, 0) is 35.3 Å². The Balaban J connectivity index is 2.96. The largest absolute Gasteiger partial charge is 0.260 e. The smallest absolute Gasteiger partial charge is 0.0460 e. The third-order valence-corrected chi connectivity index (χ3v) is 4.09. The van der Waals surface area contributed by atoms with Gasteiger partial charge in [-0.1, -0.05) is 67.9 Å². The van der Waals surface area contributed by atoms with Gasteiger partial charge in [0.05, 0.1) is 0 Å². The molecule has 0 bridgehead atoms. The van der Waals surface area contributed by atoms with Crippen LogP contribution < -0.4 is 0 Å². The van der Waals surface area contributed by atoms with E-state index < -0.39 is 0 Å². The molecular weight excluding hydrogens is 242 g/mol. The van der Waals surface area contributed by atoms with Gasteiger partial charge in [-0.25, -0.2) is 0 Å². The van der Waals surface area contributed by atoms with E-state index in [0.717, 1.165) is 0 Å². The first kappa shape index (κ1) is 17.2. The molecule has 0 radical (unpaired) electrons. The summed E-state index contributed by atoms with van der Waals surface area (Å²) in [6.07, 6.45) is 5.65. The minimum Gasteiger partial charge on any atom is -0.260 e. The number of pyridine rings is 1. The fourth-order valence-electron chi connectivity index (χ4n) is 3.38. The molecule has 0 aliphatic heterocycles. The van der Waals surface area contributed by atoms with Gasteiger partial charge in [0.1, 0.15) is 0 Å². The van der Waals surface area contributed by atoms with Crippen LogP contribution in [0.5, 0.6) is 0 Å². The van der Waals surface area contributed by atoms with Crippen LogP contribution in [0.2, 0.25) is 0 Å². The average Bonchev–Trinajstić information content (AvgIpc) is 2.26. The second kappa shape index (κ2) is 5.87. The second-order valence-corrected chi connectivity index (χ2v) is 8.69. The minimum absolute atomic E-state index is 0.179. The predicted octanol–water partition coefficient (Wildman–Crippen LogP) is 5.87. The van der Waals surface area contributed by atoms with Crippen LogP contribution in [-0.4, -0.2) is 4.98 Å². The predicted molar refractivity (Wildman–Crippen MR) is 89.3 cm³/mol. The fourth-order valence-corrected chi connectivity index (χ4v) is 3.38. The molecule has 0 N–H and O–H groups in total. The Morgan fingerprint density at radius 3 is 1.90 bits per heavy atom. The highest BCUT2D eigenvalue weighted by Gasteiger charge is 2.28. The van der Waals surface area contributed by atoms with Gasteiger partial charge in [0.25, 0.3) is 0 Å². The molecule has 1 aromatic rings. The quantitative estimate of drug-likeness (QED) is 0.654. The number of rotatable bonds is 5. The van der Waals surface area contributed by atoms with Crippen molar-refractivity contribution < 1.29 is 0 Å². The molecule has 1 rings (SSSR count). The molecular formula is C19H33N. The van der Waals surface area contributed by atoms with Crippen LogP contribution in [0.1, 0.15) is 85.9 Å². The highest BCUT2D eigenvalue weighted by Crippen LogP contribution is 2.36. The summed E-state index contributed by atoms with van der Waals surface area (Å²) in [6.45, 7) is 18.4. The van der Waals surface area contributed by atoms with Crippen LogP contribution in [-0.2, 0) is 10.8 Å². The lowest BCUT2D eigenvalue weighted by Gasteiger charge is -2.33. The molecule has 0 aromatic carbocycles. The Kier molecular flexibility index (Phi) is 5.05. The first-order valence-corrected chi connectivity index (χ1v) is 7.95. The molecule has 0 unspecified atom stereocenters. The molecule has 0 spiro atoms. The molecule has 1 heterocycles. The maximum absolute atomic E-state index is 4.77. The first-order chi connectivity index (χ1) is 8.98. The maximum Gasteiger partial charge on any atom is 0.0460 e. The Labute approximate surface area is 126 Å². The Bertz CT molecular complexity index is 418. The van der Waals surface area contributed by atoms with Crippen molar-refractivity contribution in [3.63, 3.8) is 0 Å². The van der Waals surface area contributed by atoms with E-state index in [1.165, 1.54) is 30.5 Å². The SMILES string of the molecule is CCCC(C)(C)c1ccc(C(C)(C)CC(C)(C)C)cn1. The molecule has 0 saturated heterocycles. The van der Waals surface area contributed by atoms with E-state index in [4.69, 9.17) is 4.98 Å². The normalized spacial score (nSPS) is 13.6. The summed E-state index contributed by atoms with van der Waals surface area (Å²) in [5, 5.41) is 0. The summed E-state index contributed by atoms with van der Waals surface area (Å²) in [4.78, 5) is 4.77. The van der Waals surface area contributed by atoms with Crippen molar-refractivity contribution in [1.29, 1.82) is 0 Å². The van der Waals surface area contributed by atoms with E-state index in [1.54, 1.807) is 0 Å². The lowest BCUT2D eigenvalue weighted by atomic mass is 9.72. The van der Waals surface area contributed by atoms with Gasteiger partial charge in [-0.2, -0.15) is 0 Å². The first-order valence-electron chi connectivity index (χ1n) is 7.95. The summed E-state index contributed by atoms with van der Waals surface area (Å²) in [6, 6.07) is 4.51. The zero-order valence-corrected chi connectivity index (χ0v) is 14.8. The van der Waals surface area contributed by atoms with Gasteiger partial charge in [0, 0.05) is 17.3 Å². The van der Waals surface area contributed by atoms with E-state index in [1.807, 2.05) is 0 Å². The summed E-state index contributed by atoms with van der Waals surface area (Å²) in [7, 11) is 0. The number of aromatic nitrogens is 1. The topological polar surface area (TPSA) is 12.9 Å². The van der Waals surface area contributed by atoms with Crippen molar-refractivity contribution in [2.45, 2.75) is 85.5 Å². The lowest BCUT2D eigenvalue weighted by Crippen LogP contribution is -2.26. The van der Waals surface area contributed by atoms with Gasteiger partial charge >= 0.3 is 0 Å². The average molecular weight is 275 g/mol. The van der Waals surface area contributed by atoms with Gasteiger partial charge in [0.15, 0.2) is 0 Å². The number of nitrogens with zero attached hydrogens (tertiary/aromatic N) is 1. The van der Waals surface area contributed by atoms with E-state index in [9.17, 15) is 0 Å². The van der Waals surface area contributed by atoms with Crippen molar-refractivity contribution in [3.05, 3.63) is 29.6 Å². The number of hydrogen-bond acceptors (Lipinski definition) is 1. The standard InChI is InChI=1S/C19H33N/c1-9-12-18(5,6)16-11-10-15(13-20-16)19(7,8)14-17(2,3)4/h10-11,13H,9,12,14H2,1-8H3. The van der Waals surface area contributed by atoms with Crippen molar-refractivity contribution in [3.8, 4) is 0 Å². The third-order valence-electron chi connectivity index (χ3n) is 4.09. The molecule has 0 saturated carbocycles. The Hall–Kier alpha value is -0.850. The Morgan fingerprint density at radius 2 is 1.50 bits per heavy atom. The van der Waals surface area contributed by atoms with E-state index in [2.05, 4.69) is 73.7 Å². The van der Waals surface area contributed by atoms with Crippen LogP contribution in [0.4, 0.5) is 0 Å². The van der Waals surface area contributed by atoms with Crippen LogP contribution in [0.3, 0.4) is 0 Å². The zero-order valence-electron chi connectivity index (χ0n) is 14.8. The van der Waals surface area contributed by atoms with Gasteiger partial charge in [0.2, 0.25) is 0 Å².